The summed E-state index contributed by atoms with van der Waals surface area (Å²) >= 11 is 0. The fraction of sp³-hybridized carbons (Fsp3) is 0.588. The smallest absolute Gasteiger partial charge is 0.255 e. The van der Waals surface area contributed by atoms with Gasteiger partial charge in [0.15, 0.2) is 18.0 Å². The highest BCUT2D eigenvalue weighted by atomic mass is 16.8. The molecular formula is C34H48N2O4. The molecule has 1 heterocycles. The van der Waals surface area contributed by atoms with Crippen LogP contribution in [0.3, 0.4) is 0 Å². The predicted molar refractivity (Wildman–Crippen MR) is 158 cm³/mol. The van der Waals surface area contributed by atoms with Crippen LogP contribution in [-0.2, 0) is 32.2 Å². The Morgan fingerprint density at radius 3 is 1.75 bits per heavy atom. The molecule has 218 valence electrons. The summed E-state index contributed by atoms with van der Waals surface area (Å²) in [5.74, 6) is -1.50. The molecule has 2 aliphatic rings. The highest BCUT2D eigenvalue weighted by molar-refractivity contribution is 5.91. The molecule has 1 saturated heterocycles. The van der Waals surface area contributed by atoms with E-state index in [0.717, 1.165) is 30.4 Å². The number of rotatable bonds is 6. The van der Waals surface area contributed by atoms with E-state index in [1.807, 2.05) is 60.7 Å². The molecule has 4 atom stereocenters. The molecular weight excluding hydrogens is 500 g/mol. The minimum Gasteiger partial charge on any atom is -0.367 e. The van der Waals surface area contributed by atoms with Gasteiger partial charge in [-0.1, -0.05) is 132 Å². The first-order valence-corrected chi connectivity index (χ1v) is 15.5. The van der Waals surface area contributed by atoms with Gasteiger partial charge in [-0.05, 0) is 23.5 Å². The maximum absolute atomic E-state index is 14.2. The third-order valence-electron chi connectivity index (χ3n) is 8.39. The van der Waals surface area contributed by atoms with E-state index >= 15 is 0 Å². The quantitative estimate of drug-likeness (QED) is 0.426. The van der Waals surface area contributed by atoms with Crippen LogP contribution in [0.1, 0.15) is 102 Å². The van der Waals surface area contributed by atoms with Crippen molar-refractivity contribution < 1.29 is 19.1 Å². The van der Waals surface area contributed by atoms with Gasteiger partial charge in [-0.15, -0.1) is 0 Å². The average molecular weight is 549 g/mol. The van der Waals surface area contributed by atoms with Crippen LogP contribution in [0.4, 0.5) is 0 Å². The van der Waals surface area contributed by atoms with Crippen molar-refractivity contribution in [1.82, 2.24) is 4.90 Å². The molecule has 4 rings (SSSR count). The number of carbonyl (C=O) groups excluding carboxylic acids is 2. The predicted octanol–water partition coefficient (Wildman–Crippen LogP) is 6.90. The van der Waals surface area contributed by atoms with Crippen molar-refractivity contribution >= 4 is 11.8 Å². The topological polar surface area (TPSA) is 81.9 Å². The summed E-state index contributed by atoms with van der Waals surface area (Å²) in [4.78, 5) is 28.7. The summed E-state index contributed by atoms with van der Waals surface area (Å²) in [5.41, 5.74) is 7.89. The Hall–Kier alpha value is -2.70. The van der Waals surface area contributed by atoms with Gasteiger partial charge in [-0.25, -0.2) is 0 Å². The Morgan fingerprint density at radius 1 is 0.750 bits per heavy atom. The van der Waals surface area contributed by atoms with Crippen molar-refractivity contribution in [2.75, 3.05) is 0 Å². The second-order valence-electron chi connectivity index (χ2n) is 11.9. The average Bonchev–Trinajstić information content (AvgIpc) is 3.33. The number of hydrogen-bond donors (Lipinski definition) is 1. The first kappa shape index (κ1) is 30.3. The SMILES string of the molecule is C[C@@H]1CCCCCCCCCCCCC2(C1)O[C@@H](C(N)=O)[C@H](C(=O)N(Cc1ccccc1)Cc1ccccc1)O2. The lowest BCUT2D eigenvalue weighted by atomic mass is 9.92. The highest BCUT2D eigenvalue weighted by Crippen LogP contribution is 2.40. The van der Waals surface area contributed by atoms with E-state index in [2.05, 4.69) is 6.92 Å². The van der Waals surface area contributed by atoms with Crippen molar-refractivity contribution in [2.45, 2.75) is 121 Å². The van der Waals surface area contributed by atoms with Gasteiger partial charge in [0, 0.05) is 25.9 Å². The van der Waals surface area contributed by atoms with E-state index in [4.69, 9.17) is 15.2 Å². The third kappa shape index (κ3) is 8.90. The van der Waals surface area contributed by atoms with Gasteiger partial charge >= 0.3 is 0 Å². The van der Waals surface area contributed by atoms with E-state index < -0.39 is 23.9 Å². The van der Waals surface area contributed by atoms with Gasteiger partial charge < -0.3 is 20.1 Å². The molecule has 0 radical (unpaired) electrons. The number of nitrogens with two attached hydrogens (primary N) is 1. The lowest BCUT2D eigenvalue weighted by Crippen LogP contribution is -2.47. The molecule has 40 heavy (non-hydrogen) atoms. The molecule has 0 aromatic heterocycles. The number of nitrogens with zero attached hydrogens (tertiary/aromatic N) is 1. The molecule has 0 bridgehead atoms. The molecule has 2 aromatic rings. The largest absolute Gasteiger partial charge is 0.367 e. The molecule has 2 N–H and O–H groups in total. The Bertz CT molecular complexity index is 1000. The molecule has 6 heteroatoms. The molecule has 2 aromatic carbocycles. The van der Waals surface area contributed by atoms with Gasteiger partial charge in [0.2, 0.25) is 5.91 Å². The number of hydrogen-bond acceptors (Lipinski definition) is 4. The summed E-state index contributed by atoms with van der Waals surface area (Å²) < 4.78 is 13.1. The Balaban J connectivity index is 1.56. The zero-order valence-corrected chi connectivity index (χ0v) is 24.3. The number of carbonyl (C=O) groups is 2. The lowest BCUT2D eigenvalue weighted by Gasteiger charge is -2.32. The third-order valence-corrected chi connectivity index (χ3v) is 8.39. The van der Waals surface area contributed by atoms with Crippen LogP contribution >= 0.6 is 0 Å². The van der Waals surface area contributed by atoms with Crippen LogP contribution in [0.25, 0.3) is 0 Å². The Morgan fingerprint density at radius 2 is 1.23 bits per heavy atom. The minimum atomic E-state index is -1.10. The van der Waals surface area contributed by atoms with Crippen molar-refractivity contribution in [1.29, 1.82) is 0 Å². The summed E-state index contributed by atoms with van der Waals surface area (Å²) in [7, 11) is 0. The summed E-state index contributed by atoms with van der Waals surface area (Å²) in [6.07, 6.45) is 12.4. The van der Waals surface area contributed by atoms with Gasteiger partial charge in [-0.2, -0.15) is 0 Å². The van der Waals surface area contributed by atoms with E-state index in [9.17, 15) is 9.59 Å². The van der Waals surface area contributed by atoms with Gasteiger partial charge in [0.05, 0.1) is 0 Å². The molecule has 2 fully saturated rings. The van der Waals surface area contributed by atoms with Crippen LogP contribution in [0.5, 0.6) is 0 Å². The van der Waals surface area contributed by atoms with Crippen molar-refractivity contribution in [3.05, 3.63) is 71.8 Å². The molecule has 1 aliphatic heterocycles. The van der Waals surface area contributed by atoms with E-state index in [0.29, 0.717) is 31.8 Å². The first-order chi connectivity index (χ1) is 19.5. The van der Waals surface area contributed by atoms with Crippen LogP contribution in [-0.4, -0.2) is 34.7 Å². The standard InChI is InChI=1S/C34H48N2O4/c1-27-18-12-8-6-4-2-3-5-7-9-17-23-34(24-27)39-30(32(35)37)31(40-34)33(38)36(25-28-19-13-10-14-20-28)26-29-21-15-11-16-22-29/h10-11,13-16,19-22,27,30-31H,2-9,12,17-18,23-26H2,1H3,(H2,35,37)/t27-,30-,31-,34?/m1/s1. The molecule has 2 amide bonds. The Labute approximate surface area is 240 Å². The number of ether oxygens (including phenoxy) is 2. The van der Waals surface area contributed by atoms with E-state index in [-0.39, 0.29) is 5.91 Å². The first-order valence-electron chi connectivity index (χ1n) is 15.5. The van der Waals surface area contributed by atoms with Crippen LogP contribution < -0.4 is 5.73 Å². The number of benzene rings is 2. The Kier molecular flexibility index (Phi) is 11.6. The van der Waals surface area contributed by atoms with Crippen LogP contribution in [0.2, 0.25) is 0 Å². The molecule has 1 saturated carbocycles. The fourth-order valence-corrected chi connectivity index (χ4v) is 6.25. The second kappa shape index (κ2) is 15.3. The molecule has 1 unspecified atom stereocenters. The normalized spacial score (nSPS) is 27.0. The van der Waals surface area contributed by atoms with Crippen molar-refractivity contribution in [3.8, 4) is 0 Å². The summed E-state index contributed by atoms with van der Waals surface area (Å²) in [6, 6.07) is 19.8. The molecule has 6 nitrogen and oxygen atoms in total. The second-order valence-corrected chi connectivity index (χ2v) is 11.9. The summed E-state index contributed by atoms with van der Waals surface area (Å²) in [6.45, 7) is 3.05. The monoisotopic (exact) mass is 548 g/mol. The van der Waals surface area contributed by atoms with E-state index in [1.165, 1.54) is 51.4 Å². The van der Waals surface area contributed by atoms with Gasteiger partial charge in [0.25, 0.3) is 5.91 Å². The van der Waals surface area contributed by atoms with Crippen LogP contribution in [0.15, 0.2) is 60.7 Å². The number of primary amides is 1. The summed E-state index contributed by atoms with van der Waals surface area (Å²) in [5, 5.41) is 0. The zero-order valence-electron chi connectivity index (χ0n) is 24.3. The van der Waals surface area contributed by atoms with Crippen molar-refractivity contribution in [2.24, 2.45) is 11.7 Å². The fourth-order valence-electron chi connectivity index (χ4n) is 6.25. The molecule has 1 aliphatic carbocycles. The zero-order chi connectivity index (χ0) is 28.2. The van der Waals surface area contributed by atoms with Gasteiger partial charge in [0.1, 0.15) is 0 Å². The maximum atomic E-state index is 14.2. The van der Waals surface area contributed by atoms with Crippen molar-refractivity contribution in [3.63, 3.8) is 0 Å². The van der Waals surface area contributed by atoms with Crippen LogP contribution in [0, 0.1) is 5.92 Å². The van der Waals surface area contributed by atoms with E-state index in [1.54, 1.807) is 4.90 Å². The minimum absolute atomic E-state index is 0.253. The maximum Gasteiger partial charge on any atom is 0.255 e. The van der Waals surface area contributed by atoms with Gasteiger partial charge in [-0.3, -0.25) is 9.59 Å². The molecule has 1 spiro atoms. The lowest BCUT2D eigenvalue weighted by molar-refractivity contribution is -0.196. The number of amides is 2. The highest BCUT2D eigenvalue weighted by Gasteiger charge is 2.53.